The SMILES string of the molecule is C=CCC1O[C@H]([C@H](O)CO)[C@@H](OCc2ccccc2)[C@H](OCc2ccccc2)[C@@H]1OCc1ccccc1. The number of hydrogen-bond donors (Lipinski definition) is 2. The van der Waals surface area contributed by atoms with Crippen LogP contribution in [0.3, 0.4) is 0 Å². The van der Waals surface area contributed by atoms with Crippen LogP contribution < -0.4 is 0 Å². The topological polar surface area (TPSA) is 77.4 Å². The Morgan fingerprint density at radius 3 is 1.57 bits per heavy atom. The third-order valence-electron chi connectivity index (χ3n) is 6.49. The van der Waals surface area contributed by atoms with E-state index in [2.05, 4.69) is 6.58 Å². The molecule has 0 amide bonds. The summed E-state index contributed by atoms with van der Waals surface area (Å²) in [6, 6.07) is 29.6. The Morgan fingerprint density at radius 2 is 1.14 bits per heavy atom. The van der Waals surface area contributed by atoms with E-state index in [1.807, 2.05) is 91.0 Å². The summed E-state index contributed by atoms with van der Waals surface area (Å²) < 4.78 is 25.7. The molecule has 0 bridgehead atoms. The number of aliphatic hydroxyl groups excluding tert-OH is 2. The maximum atomic E-state index is 10.8. The molecule has 0 spiro atoms. The molecule has 0 aliphatic carbocycles. The van der Waals surface area contributed by atoms with Crippen LogP contribution in [0.25, 0.3) is 0 Å². The minimum atomic E-state index is -1.15. The largest absolute Gasteiger partial charge is 0.394 e. The third-order valence-corrected chi connectivity index (χ3v) is 6.49. The highest BCUT2D eigenvalue weighted by molar-refractivity contribution is 5.16. The van der Waals surface area contributed by atoms with E-state index < -0.39 is 43.2 Å². The first kappa shape index (κ1) is 27.2. The molecule has 0 saturated carbocycles. The summed E-state index contributed by atoms with van der Waals surface area (Å²) >= 11 is 0. The first-order chi connectivity index (χ1) is 18.2. The molecule has 1 fully saturated rings. The second-order valence-corrected chi connectivity index (χ2v) is 9.20. The lowest BCUT2D eigenvalue weighted by Gasteiger charge is -2.47. The Balaban J connectivity index is 1.63. The van der Waals surface area contributed by atoms with Crippen LogP contribution in [-0.2, 0) is 38.8 Å². The number of ether oxygens (including phenoxy) is 4. The van der Waals surface area contributed by atoms with Crippen molar-refractivity contribution in [3.63, 3.8) is 0 Å². The molecule has 1 saturated heterocycles. The van der Waals surface area contributed by atoms with Crippen molar-refractivity contribution in [2.75, 3.05) is 6.61 Å². The van der Waals surface area contributed by atoms with Gasteiger partial charge in [-0.2, -0.15) is 0 Å². The second kappa shape index (κ2) is 14.2. The molecule has 2 N–H and O–H groups in total. The van der Waals surface area contributed by atoms with Gasteiger partial charge in [0.2, 0.25) is 0 Å². The van der Waals surface area contributed by atoms with E-state index in [1.165, 1.54) is 0 Å². The van der Waals surface area contributed by atoms with E-state index in [9.17, 15) is 10.2 Å². The fraction of sp³-hybridized carbons (Fsp3) is 0.355. The van der Waals surface area contributed by atoms with Crippen LogP contribution >= 0.6 is 0 Å². The molecule has 1 aliphatic rings. The van der Waals surface area contributed by atoms with E-state index >= 15 is 0 Å². The highest BCUT2D eigenvalue weighted by Gasteiger charge is 2.50. The van der Waals surface area contributed by atoms with Crippen molar-refractivity contribution in [1.29, 1.82) is 0 Å². The fourth-order valence-corrected chi connectivity index (χ4v) is 4.59. The number of benzene rings is 3. The Morgan fingerprint density at radius 1 is 0.703 bits per heavy atom. The van der Waals surface area contributed by atoms with Crippen LogP contribution in [0.15, 0.2) is 104 Å². The average Bonchev–Trinajstić information content (AvgIpc) is 2.95. The maximum Gasteiger partial charge on any atom is 0.115 e. The summed E-state index contributed by atoms with van der Waals surface area (Å²) in [5, 5.41) is 20.6. The molecular weight excluding hydrogens is 468 g/mol. The van der Waals surface area contributed by atoms with Crippen LogP contribution in [0, 0.1) is 0 Å². The van der Waals surface area contributed by atoms with Crippen molar-refractivity contribution in [3.05, 3.63) is 120 Å². The van der Waals surface area contributed by atoms with Gasteiger partial charge in [-0.1, -0.05) is 97.1 Å². The smallest absolute Gasteiger partial charge is 0.115 e. The van der Waals surface area contributed by atoms with E-state index in [0.29, 0.717) is 26.2 Å². The highest BCUT2D eigenvalue weighted by atomic mass is 16.6. The van der Waals surface area contributed by atoms with Crippen molar-refractivity contribution < 1.29 is 29.2 Å². The van der Waals surface area contributed by atoms with E-state index in [0.717, 1.165) is 16.7 Å². The predicted octanol–water partition coefficient (Wildman–Crippen LogP) is 4.44. The van der Waals surface area contributed by atoms with Crippen LogP contribution in [0.1, 0.15) is 23.1 Å². The molecule has 6 atom stereocenters. The molecule has 3 aromatic rings. The molecule has 0 aromatic heterocycles. The zero-order valence-corrected chi connectivity index (χ0v) is 21.0. The molecule has 37 heavy (non-hydrogen) atoms. The van der Waals surface area contributed by atoms with Crippen molar-refractivity contribution in [3.8, 4) is 0 Å². The van der Waals surface area contributed by atoms with Gasteiger partial charge in [0.25, 0.3) is 0 Å². The van der Waals surface area contributed by atoms with E-state index in [1.54, 1.807) is 6.08 Å². The zero-order valence-electron chi connectivity index (χ0n) is 21.0. The Hall–Kier alpha value is -2.84. The van der Waals surface area contributed by atoms with E-state index in [4.69, 9.17) is 18.9 Å². The molecule has 3 aromatic carbocycles. The predicted molar refractivity (Wildman–Crippen MR) is 142 cm³/mol. The molecule has 6 nitrogen and oxygen atoms in total. The summed E-state index contributed by atoms with van der Waals surface area (Å²) in [4.78, 5) is 0. The number of aliphatic hydroxyl groups is 2. The van der Waals surface area contributed by atoms with Crippen molar-refractivity contribution in [2.24, 2.45) is 0 Å². The van der Waals surface area contributed by atoms with Gasteiger partial charge in [-0.15, -0.1) is 6.58 Å². The maximum absolute atomic E-state index is 10.8. The normalized spacial score (nSPS) is 24.4. The van der Waals surface area contributed by atoms with E-state index in [-0.39, 0.29) is 0 Å². The summed E-state index contributed by atoms with van der Waals surface area (Å²) in [6.45, 7) is 4.43. The lowest BCUT2D eigenvalue weighted by Crippen LogP contribution is -2.63. The zero-order chi connectivity index (χ0) is 25.9. The third kappa shape index (κ3) is 7.58. The minimum absolute atomic E-state index is 0.298. The summed E-state index contributed by atoms with van der Waals surface area (Å²) in [6.07, 6.45) is -1.89. The van der Waals surface area contributed by atoms with Gasteiger partial charge in [-0.3, -0.25) is 0 Å². The van der Waals surface area contributed by atoms with Crippen molar-refractivity contribution in [1.82, 2.24) is 0 Å². The Kier molecular flexibility index (Phi) is 10.4. The molecule has 4 rings (SSSR count). The molecule has 196 valence electrons. The van der Waals surface area contributed by atoms with Crippen LogP contribution in [0.4, 0.5) is 0 Å². The van der Waals surface area contributed by atoms with Gasteiger partial charge >= 0.3 is 0 Å². The quantitative estimate of drug-likeness (QED) is 0.335. The number of hydrogen-bond acceptors (Lipinski definition) is 6. The first-order valence-corrected chi connectivity index (χ1v) is 12.7. The standard InChI is InChI=1S/C31H36O6/c1-2-12-27-29(34-20-23-13-6-3-7-14-23)31(36-22-25-17-10-5-11-18-25)30(28(37-27)26(33)19-32)35-21-24-15-8-4-9-16-24/h2-11,13-18,26-33H,1,12,19-22H2/t26-,27?,28-,29-,30-,31-/m1/s1. The van der Waals surface area contributed by atoms with Gasteiger partial charge in [-0.05, 0) is 23.1 Å². The summed E-state index contributed by atoms with van der Waals surface area (Å²) in [5.74, 6) is 0. The van der Waals surface area contributed by atoms with Gasteiger partial charge in [0.15, 0.2) is 0 Å². The molecule has 1 heterocycles. The van der Waals surface area contributed by atoms with Crippen molar-refractivity contribution in [2.45, 2.75) is 62.9 Å². The number of rotatable bonds is 13. The molecule has 1 aliphatic heterocycles. The van der Waals surface area contributed by atoms with Gasteiger partial charge in [0.1, 0.15) is 30.5 Å². The first-order valence-electron chi connectivity index (χ1n) is 12.7. The average molecular weight is 505 g/mol. The second-order valence-electron chi connectivity index (χ2n) is 9.20. The molecular formula is C31H36O6. The van der Waals surface area contributed by atoms with Crippen molar-refractivity contribution >= 4 is 0 Å². The molecule has 1 unspecified atom stereocenters. The highest BCUT2D eigenvalue weighted by Crippen LogP contribution is 2.33. The monoisotopic (exact) mass is 504 g/mol. The van der Waals surface area contributed by atoms with Gasteiger partial charge in [0, 0.05) is 0 Å². The Labute approximate surface area is 219 Å². The summed E-state index contributed by atoms with van der Waals surface area (Å²) in [5.41, 5.74) is 3.02. The Bertz CT molecular complexity index is 1050. The van der Waals surface area contributed by atoms with Crippen LogP contribution in [-0.4, -0.2) is 53.4 Å². The lowest BCUT2D eigenvalue weighted by molar-refractivity contribution is -0.281. The lowest BCUT2D eigenvalue weighted by atomic mass is 9.90. The molecule has 6 heteroatoms. The van der Waals surface area contributed by atoms with Crippen LogP contribution in [0.5, 0.6) is 0 Å². The molecule has 0 radical (unpaired) electrons. The van der Waals surface area contributed by atoms with Gasteiger partial charge in [0.05, 0.1) is 32.5 Å². The fourth-order valence-electron chi connectivity index (χ4n) is 4.59. The van der Waals surface area contributed by atoms with Gasteiger partial charge < -0.3 is 29.2 Å². The summed E-state index contributed by atoms with van der Waals surface area (Å²) in [7, 11) is 0. The van der Waals surface area contributed by atoms with Gasteiger partial charge in [-0.25, -0.2) is 0 Å². The van der Waals surface area contributed by atoms with Crippen LogP contribution in [0.2, 0.25) is 0 Å². The minimum Gasteiger partial charge on any atom is -0.394 e.